The van der Waals surface area contributed by atoms with Crippen LogP contribution in [0.3, 0.4) is 0 Å². The van der Waals surface area contributed by atoms with Gasteiger partial charge in [0.1, 0.15) is 17.6 Å². The highest BCUT2D eigenvalue weighted by atomic mass is 16.5. The highest BCUT2D eigenvalue weighted by Crippen LogP contribution is 2.67. The molecule has 0 radical (unpaired) electrons. The van der Waals surface area contributed by atoms with Crippen molar-refractivity contribution in [3.8, 4) is 0 Å². The lowest BCUT2D eigenvalue weighted by Gasteiger charge is -2.59. The van der Waals surface area contributed by atoms with E-state index in [1.807, 2.05) is 0 Å². The summed E-state index contributed by atoms with van der Waals surface area (Å²) in [5.74, 6) is 0.888. The third kappa shape index (κ3) is 4.51. The van der Waals surface area contributed by atoms with Gasteiger partial charge in [-0.05, 0) is 79.6 Å². The zero-order valence-corrected chi connectivity index (χ0v) is 22.6. The molecule has 4 aliphatic carbocycles. The minimum atomic E-state index is -0.506. The van der Waals surface area contributed by atoms with E-state index in [9.17, 15) is 19.2 Å². The van der Waals surface area contributed by atoms with Gasteiger partial charge in [-0.3, -0.25) is 19.2 Å². The molecule has 0 bridgehead atoms. The number of ether oxygens (including phenoxy) is 3. The number of carbonyl (C=O) groups is 4. The molecule has 0 unspecified atom stereocenters. The van der Waals surface area contributed by atoms with E-state index in [0.717, 1.165) is 25.7 Å². The number of rotatable bonds is 6. The number of hydrogen-bond donors (Lipinski definition) is 0. The second-order valence-corrected chi connectivity index (χ2v) is 12.2. The maximum absolute atomic E-state index is 14.0. The summed E-state index contributed by atoms with van der Waals surface area (Å²) in [6, 6.07) is 0. The summed E-state index contributed by atoms with van der Waals surface area (Å²) >= 11 is 0. The lowest BCUT2D eigenvalue weighted by atomic mass is 9.45. The van der Waals surface area contributed by atoms with Crippen molar-refractivity contribution in [1.82, 2.24) is 0 Å². The van der Waals surface area contributed by atoms with E-state index in [1.165, 1.54) is 21.0 Å². The summed E-state index contributed by atoms with van der Waals surface area (Å²) in [6.45, 7) is 9.43. The predicted molar refractivity (Wildman–Crippen MR) is 132 cm³/mol. The van der Waals surface area contributed by atoms with Gasteiger partial charge in [-0.15, -0.1) is 0 Å². The first-order valence-corrected chi connectivity index (χ1v) is 13.6. The van der Waals surface area contributed by atoms with Gasteiger partial charge in [-0.1, -0.05) is 20.8 Å². The van der Waals surface area contributed by atoms with E-state index in [0.29, 0.717) is 37.2 Å². The molecule has 0 spiro atoms. The van der Waals surface area contributed by atoms with Gasteiger partial charge in [0.15, 0.2) is 0 Å². The minimum absolute atomic E-state index is 0.0148. The molecular formula is C29H42O7. The lowest BCUT2D eigenvalue weighted by Crippen LogP contribution is -2.57. The molecule has 0 aromatic carbocycles. The van der Waals surface area contributed by atoms with Crippen LogP contribution in [0.4, 0.5) is 0 Å². The zero-order chi connectivity index (χ0) is 26.4. The van der Waals surface area contributed by atoms with Crippen molar-refractivity contribution in [1.29, 1.82) is 0 Å². The molecule has 4 rings (SSSR count). The molecule has 4 aliphatic rings. The first kappa shape index (κ1) is 26.9. The number of esters is 3. The Morgan fingerprint density at radius 3 is 2.44 bits per heavy atom. The number of ketones is 1. The predicted octanol–water partition coefficient (Wildman–Crippen LogP) is 5.01. The van der Waals surface area contributed by atoms with Gasteiger partial charge in [0.25, 0.3) is 0 Å². The first-order valence-electron chi connectivity index (χ1n) is 13.6. The van der Waals surface area contributed by atoms with Gasteiger partial charge in [-0.25, -0.2) is 0 Å². The molecule has 0 heterocycles. The Bertz CT molecular complexity index is 953. The smallest absolute Gasteiger partial charge is 0.307 e. The van der Waals surface area contributed by atoms with Crippen LogP contribution in [0.5, 0.6) is 0 Å². The van der Waals surface area contributed by atoms with Gasteiger partial charge in [0, 0.05) is 38.0 Å². The monoisotopic (exact) mass is 502 g/mol. The van der Waals surface area contributed by atoms with Gasteiger partial charge >= 0.3 is 17.9 Å². The fourth-order valence-corrected chi connectivity index (χ4v) is 8.56. The van der Waals surface area contributed by atoms with Crippen molar-refractivity contribution >= 4 is 23.7 Å². The van der Waals surface area contributed by atoms with Crippen molar-refractivity contribution in [3.63, 3.8) is 0 Å². The number of fused-ring (bicyclic) bond motifs is 5. The Morgan fingerprint density at radius 2 is 1.81 bits per heavy atom. The zero-order valence-electron chi connectivity index (χ0n) is 22.6. The second-order valence-electron chi connectivity index (χ2n) is 12.2. The third-order valence-corrected chi connectivity index (χ3v) is 10.4. The highest BCUT2D eigenvalue weighted by molar-refractivity contribution is 5.87. The van der Waals surface area contributed by atoms with Crippen molar-refractivity contribution < 1.29 is 33.4 Å². The molecular weight excluding hydrogens is 460 g/mol. The SMILES string of the molecule is COC(=O)CC[C@@H](C)[C@@H]1CC[C@@H]2[C@@H]3C(OC(C)=O)=C[C@@H]4C[C@H](OC(C)=O)CC[C@]4(C)[C@H]3CC(=O)[C@]21C. The van der Waals surface area contributed by atoms with Crippen LogP contribution in [0.15, 0.2) is 11.8 Å². The standard InChI is InChI=1S/C29H42O7/c1-16(7-10-26(33)34-6)21-8-9-22-27-23(15-25(32)29(21,22)5)28(4)12-11-20(35-17(2)30)13-19(28)14-24(27)36-18(3)31/h14,16,19-23,27H,7-13,15H2,1-6H3/t16-,19+,20-,21+,22-,23+,27+,28+,29+/m1/s1. The summed E-state index contributed by atoms with van der Waals surface area (Å²) in [6.07, 6.45) is 7.70. The molecule has 0 saturated heterocycles. The number of Topliss-reactive ketones (excluding diaryl/α,β-unsaturated/α-hetero) is 1. The molecule has 36 heavy (non-hydrogen) atoms. The highest BCUT2D eigenvalue weighted by Gasteiger charge is 2.65. The van der Waals surface area contributed by atoms with Crippen molar-refractivity contribution in [3.05, 3.63) is 11.8 Å². The van der Waals surface area contributed by atoms with E-state index >= 15 is 0 Å². The Kier molecular flexibility index (Phi) is 7.42. The summed E-state index contributed by atoms with van der Waals surface area (Å²) in [4.78, 5) is 49.6. The fraction of sp³-hybridized carbons (Fsp3) is 0.793. The van der Waals surface area contributed by atoms with E-state index in [4.69, 9.17) is 14.2 Å². The maximum Gasteiger partial charge on any atom is 0.307 e. The van der Waals surface area contributed by atoms with Crippen LogP contribution < -0.4 is 0 Å². The Morgan fingerprint density at radius 1 is 1.08 bits per heavy atom. The van der Waals surface area contributed by atoms with E-state index in [-0.39, 0.29) is 64.9 Å². The topological polar surface area (TPSA) is 96.0 Å². The summed E-state index contributed by atoms with van der Waals surface area (Å²) < 4.78 is 16.3. The summed E-state index contributed by atoms with van der Waals surface area (Å²) in [7, 11) is 1.41. The van der Waals surface area contributed by atoms with Gasteiger partial charge < -0.3 is 14.2 Å². The van der Waals surface area contributed by atoms with Crippen molar-refractivity contribution in [2.45, 2.75) is 92.1 Å². The molecule has 3 saturated carbocycles. The number of methoxy groups -OCH3 is 1. The molecule has 7 heteroatoms. The normalized spacial score (nSPS) is 40.2. The van der Waals surface area contributed by atoms with Gasteiger partial charge in [-0.2, -0.15) is 0 Å². The molecule has 0 aromatic rings. The third-order valence-electron chi connectivity index (χ3n) is 10.4. The Balaban J connectivity index is 1.67. The van der Waals surface area contributed by atoms with Crippen LogP contribution in [-0.2, 0) is 33.4 Å². The number of allylic oxidation sites excluding steroid dienone is 2. The number of hydrogen-bond acceptors (Lipinski definition) is 7. The van der Waals surface area contributed by atoms with Crippen LogP contribution in [0.1, 0.15) is 86.0 Å². The van der Waals surface area contributed by atoms with Gasteiger partial charge in [0.05, 0.1) is 7.11 Å². The molecule has 0 amide bonds. The first-order chi connectivity index (χ1) is 16.9. The van der Waals surface area contributed by atoms with Crippen LogP contribution in [0, 0.1) is 46.3 Å². The lowest BCUT2D eigenvalue weighted by molar-refractivity contribution is -0.160. The van der Waals surface area contributed by atoms with Gasteiger partial charge in [0.2, 0.25) is 0 Å². The quantitative estimate of drug-likeness (QED) is 0.372. The average Bonchev–Trinajstić information content (AvgIpc) is 3.16. The van der Waals surface area contributed by atoms with Crippen molar-refractivity contribution in [2.75, 3.05) is 7.11 Å². The second kappa shape index (κ2) is 9.94. The van der Waals surface area contributed by atoms with E-state index < -0.39 is 5.41 Å². The molecule has 7 nitrogen and oxygen atoms in total. The molecule has 200 valence electrons. The average molecular weight is 503 g/mol. The molecule has 0 aromatic heterocycles. The Labute approximate surface area is 214 Å². The van der Waals surface area contributed by atoms with E-state index in [1.54, 1.807) is 0 Å². The van der Waals surface area contributed by atoms with Crippen LogP contribution >= 0.6 is 0 Å². The van der Waals surface area contributed by atoms with Crippen LogP contribution in [0.2, 0.25) is 0 Å². The van der Waals surface area contributed by atoms with Crippen molar-refractivity contribution in [2.24, 2.45) is 46.3 Å². The van der Waals surface area contributed by atoms with Crippen LogP contribution in [-0.4, -0.2) is 36.9 Å². The number of carbonyl (C=O) groups excluding carboxylic acids is 4. The van der Waals surface area contributed by atoms with Crippen LogP contribution in [0.25, 0.3) is 0 Å². The summed E-state index contributed by atoms with van der Waals surface area (Å²) in [5.41, 5.74) is -0.620. The maximum atomic E-state index is 14.0. The molecule has 0 aliphatic heterocycles. The van der Waals surface area contributed by atoms with E-state index in [2.05, 4.69) is 26.8 Å². The fourth-order valence-electron chi connectivity index (χ4n) is 8.56. The largest absolute Gasteiger partial charge is 0.469 e. The minimum Gasteiger partial charge on any atom is -0.469 e. The molecule has 0 N–H and O–H groups in total. The molecule has 3 fully saturated rings. The Hall–Kier alpha value is -2.18. The summed E-state index contributed by atoms with van der Waals surface area (Å²) in [5, 5.41) is 0. The molecule has 9 atom stereocenters.